The van der Waals surface area contributed by atoms with E-state index in [-0.39, 0.29) is 0 Å². The maximum atomic E-state index is 8.49. The summed E-state index contributed by atoms with van der Waals surface area (Å²) < 4.78 is 4.83. The Kier molecular flexibility index (Phi) is 4.39. The molecule has 2 heteroatoms. The van der Waals surface area contributed by atoms with Crippen LogP contribution in [0.1, 0.15) is 26.7 Å². The van der Waals surface area contributed by atoms with E-state index < -0.39 is 0 Å². The van der Waals surface area contributed by atoms with E-state index in [9.17, 15) is 0 Å². The van der Waals surface area contributed by atoms with Crippen molar-refractivity contribution in [1.29, 1.82) is 5.26 Å². The summed E-state index contributed by atoms with van der Waals surface area (Å²) in [7, 11) is 1.53. The first-order valence-electron chi connectivity index (χ1n) is 3.40. The highest BCUT2D eigenvalue weighted by molar-refractivity contribution is 5.19. The lowest BCUT2D eigenvalue weighted by Crippen LogP contribution is -1.88. The third-order valence-corrected chi connectivity index (χ3v) is 1.32. The predicted molar refractivity (Wildman–Crippen MR) is 40.2 cm³/mol. The monoisotopic (exact) mass is 139 g/mol. The first-order valence-corrected chi connectivity index (χ1v) is 3.40. The number of nitrogens with zero attached hydrogens (tertiary/aromatic N) is 1. The molecule has 0 radical (unpaired) electrons. The van der Waals surface area contributed by atoms with Crippen LogP contribution in [-0.2, 0) is 4.74 Å². The smallest absolute Gasteiger partial charge is 0.195 e. The first kappa shape index (κ1) is 9.03. The van der Waals surface area contributed by atoms with E-state index in [0.29, 0.717) is 5.76 Å². The molecule has 0 bridgehead atoms. The fraction of sp³-hybridized carbons (Fsp3) is 0.625. The Morgan fingerprint density at radius 2 is 2.20 bits per heavy atom. The Bertz CT molecular complexity index is 165. The van der Waals surface area contributed by atoms with Crippen LogP contribution in [0.5, 0.6) is 0 Å². The summed E-state index contributed by atoms with van der Waals surface area (Å²) >= 11 is 0. The molecule has 0 fully saturated rings. The molecule has 0 aromatic heterocycles. The van der Waals surface area contributed by atoms with Crippen LogP contribution in [0.2, 0.25) is 0 Å². The van der Waals surface area contributed by atoms with Crippen molar-refractivity contribution in [3.05, 3.63) is 11.3 Å². The molecule has 0 aromatic carbocycles. The Labute approximate surface area is 62.1 Å². The van der Waals surface area contributed by atoms with Gasteiger partial charge in [0.15, 0.2) is 5.76 Å². The van der Waals surface area contributed by atoms with Crippen molar-refractivity contribution in [3.8, 4) is 6.07 Å². The van der Waals surface area contributed by atoms with Crippen molar-refractivity contribution in [1.82, 2.24) is 0 Å². The van der Waals surface area contributed by atoms with Crippen LogP contribution in [0, 0.1) is 11.3 Å². The Morgan fingerprint density at radius 1 is 1.60 bits per heavy atom. The lowest BCUT2D eigenvalue weighted by Gasteiger charge is -2.00. The molecule has 0 aliphatic carbocycles. The SMILES string of the molecule is CCCC(C)=C(C#N)OC. The third kappa shape index (κ3) is 2.54. The molecule has 2 nitrogen and oxygen atoms in total. The van der Waals surface area contributed by atoms with Gasteiger partial charge < -0.3 is 4.74 Å². The standard InChI is InChI=1S/C8H13NO/c1-4-5-7(2)8(6-9)10-3/h4-5H2,1-3H3. The Hall–Kier alpha value is -0.970. The minimum Gasteiger partial charge on any atom is -0.487 e. The molecule has 0 saturated heterocycles. The molecule has 0 amide bonds. The molecule has 0 aromatic rings. The summed E-state index contributed by atoms with van der Waals surface area (Å²) in [4.78, 5) is 0. The van der Waals surface area contributed by atoms with Gasteiger partial charge in [0.25, 0.3) is 0 Å². The number of hydrogen-bond acceptors (Lipinski definition) is 2. The number of nitriles is 1. The molecule has 10 heavy (non-hydrogen) atoms. The minimum atomic E-state index is 0.460. The van der Waals surface area contributed by atoms with Gasteiger partial charge in [0.05, 0.1) is 7.11 Å². The van der Waals surface area contributed by atoms with Gasteiger partial charge in [-0.15, -0.1) is 0 Å². The van der Waals surface area contributed by atoms with Crippen molar-refractivity contribution in [3.63, 3.8) is 0 Å². The van der Waals surface area contributed by atoms with Gasteiger partial charge in [-0.2, -0.15) is 5.26 Å². The van der Waals surface area contributed by atoms with Gasteiger partial charge in [-0.3, -0.25) is 0 Å². The second-order valence-corrected chi connectivity index (χ2v) is 2.18. The highest BCUT2D eigenvalue weighted by Gasteiger charge is 1.98. The van der Waals surface area contributed by atoms with Gasteiger partial charge in [-0.1, -0.05) is 13.3 Å². The Morgan fingerprint density at radius 3 is 2.50 bits per heavy atom. The minimum absolute atomic E-state index is 0.460. The van der Waals surface area contributed by atoms with Crippen LogP contribution in [0.25, 0.3) is 0 Å². The zero-order chi connectivity index (χ0) is 7.98. The van der Waals surface area contributed by atoms with Gasteiger partial charge in [-0.25, -0.2) is 0 Å². The lowest BCUT2D eigenvalue weighted by atomic mass is 10.1. The van der Waals surface area contributed by atoms with Crippen molar-refractivity contribution in [2.45, 2.75) is 26.7 Å². The molecule has 0 heterocycles. The fourth-order valence-electron chi connectivity index (χ4n) is 0.804. The second kappa shape index (κ2) is 4.87. The van der Waals surface area contributed by atoms with Crippen LogP contribution in [0.15, 0.2) is 11.3 Å². The number of hydrogen-bond donors (Lipinski definition) is 0. The summed E-state index contributed by atoms with van der Waals surface area (Å²) in [6.45, 7) is 4.00. The van der Waals surface area contributed by atoms with E-state index in [1.54, 1.807) is 0 Å². The van der Waals surface area contributed by atoms with Crippen molar-refractivity contribution in [2.75, 3.05) is 7.11 Å². The van der Waals surface area contributed by atoms with Crippen LogP contribution < -0.4 is 0 Å². The van der Waals surface area contributed by atoms with Crippen LogP contribution in [0.4, 0.5) is 0 Å². The predicted octanol–water partition coefficient (Wildman–Crippen LogP) is 2.23. The van der Waals surface area contributed by atoms with Gasteiger partial charge in [-0.05, 0) is 18.9 Å². The number of methoxy groups -OCH3 is 1. The molecule has 0 saturated carbocycles. The second-order valence-electron chi connectivity index (χ2n) is 2.18. The van der Waals surface area contributed by atoms with Crippen molar-refractivity contribution < 1.29 is 4.74 Å². The van der Waals surface area contributed by atoms with E-state index in [2.05, 4.69) is 6.92 Å². The van der Waals surface area contributed by atoms with Crippen LogP contribution in [-0.4, -0.2) is 7.11 Å². The molecule has 0 rings (SSSR count). The summed E-state index contributed by atoms with van der Waals surface area (Å²) in [6.07, 6.45) is 2.00. The molecule has 0 aliphatic rings. The zero-order valence-corrected chi connectivity index (χ0v) is 6.77. The third-order valence-electron chi connectivity index (χ3n) is 1.32. The van der Waals surface area contributed by atoms with Crippen LogP contribution >= 0.6 is 0 Å². The summed E-state index contributed by atoms with van der Waals surface area (Å²) in [5, 5.41) is 8.49. The van der Waals surface area contributed by atoms with Gasteiger partial charge in [0.1, 0.15) is 6.07 Å². The number of rotatable bonds is 3. The molecular weight excluding hydrogens is 126 g/mol. The first-order chi connectivity index (χ1) is 4.76. The Balaban J connectivity index is 4.16. The van der Waals surface area contributed by atoms with E-state index in [0.717, 1.165) is 18.4 Å². The summed E-state index contributed by atoms with van der Waals surface area (Å²) in [6, 6.07) is 1.99. The van der Waals surface area contributed by atoms with E-state index in [1.807, 2.05) is 13.0 Å². The fourth-order valence-corrected chi connectivity index (χ4v) is 0.804. The molecular formula is C8H13NO. The maximum absolute atomic E-state index is 8.49. The van der Waals surface area contributed by atoms with Crippen LogP contribution in [0.3, 0.4) is 0 Å². The van der Waals surface area contributed by atoms with Gasteiger partial charge in [0.2, 0.25) is 0 Å². The number of ether oxygens (including phenoxy) is 1. The molecule has 0 aliphatic heterocycles. The van der Waals surface area contributed by atoms with E-state index in [4.69, 9.17) is 10.00 Å². The van der Waals surface area contributed by atoms with E-state index in [1.165, 1.54) is 7.11 Å². The van der Waals surface area contributed by atoms with Gasteiger partial charge >= 0.3 is 0 Å². The average molecular weight is 139 g/mol. The quantitative estimate of drug-likeness (QED) is 0.443. The van der Waals surface area contributed by atoms with Crippen molar-refractivity contribution in [2.24, 2.45) is 0 Å². The summed E-state index contributed by atoms with van der Waals surface area (Å²) in [5.41, 5.74) is 1.03. The highest BCUT2D eigenvalue weighted by Crippen LogP contribution is 2.09. The van der Waals surface area contributed by atoms with Gasteiger partial charge in [0, 0.05) is 0 Å². The molecule has 56 valence electrons. The molecule has 0 N–H and O–H groups in total. The molecule has 0 spiro atoms. The molecule has 0 unspecified atom stereocenters. The van der Waals surface area contributed by atoms with Crippen molar-refractivity contribution >= 4 is 0 Å². The highest BCUT2D eigenvalue weighted by atomic mass is 16.5. The largest absolute Gasteiger partial charge is 0.487 e. The maximum Gasteiger partial charge on any atom is 0.195 e. The normalized spacial score (nSPS) is 11.8. The topological polar surface area (TPSA) is 33.0 Å². The van der Waals surface area contributed by atoms with E-state index >= 15 is 0 Å². The molecule has 0 atom stereocenters. The lowest BCUT2D eigenvalue weighted by molar-refractivity contribution is 0.304. The average Bonchev–Trinajstić information content (AvgIpc) is 1.91. The zero-order valence-electron chi connectivity index (χ0n) is 6.77. The summed E-state index contributed by atoms with van der Waals surface area (Å²) in [5.74, 6) is 0.460. The number of allylic oxidation sites excluding steroid dienone is 2.